The summed E-state index contributed by atoms with van der Waals surface area (Å²) in [6.07, 6.45) is 3.01. The van der Waals surface area contributed by atoms with Gasteiger partial charge in [0.05, 0.1) is 17.5 Å². The number of nitrogens with zero attached hydrogens (tertiary/aromatic N) is 6. The maximum absolute atomic E-state index is 14.4. The van der Waals surface area contributed by atoms with Crippen LogP contribution in [0.4, 0.5) is 20.4 Å². The molecule has 2 aromatic carbocycles. The maximum atomic E-state index is 14.4. The van der Waals surface area contributed by atoms with Crippen molar-refractivity contribution >= 4 is 34.8 Å². The van der Waals surface area contributed by atoms with E-state index in [1.54, 1.807) is 18.2 Å². The topological polar surface area (TPSA) is 144 Å². The lowest BCUT2D eigenvalue weighted by molar-refractivity contribution is -0.119. The number of carbonyl (C=O) groups excluding carboxylic acids is 1. The highest BCUT2D eigenvalue weighted by Crippen LogP contribution is 2.46. The number of aromatic nitrogens is 6. The number of amides is 1. The van der Waals surface area contributed by atoms with E-state index in [2.05, 4.69) is 30.4 Å². The van der Waals surface area contributed by atoms with Crippen LogP contribution in [-0.4, -0.2) is 40.6 Å². The Balaban J connectivity index is 1.47. The van der Waals surface area contributed by atoms with E-state index in [0.29, 0.717) is 16.9 Å². The van der Waals surface area contributed by atoms with Crippen molar-refractivity contribution in [3.05, 3.63) is 88.0 Å². The number of benzene rings is 2. The van der Waals surface area contributed by atoms with Crippen LogP contribution in [0.3, 0.4) is 0 Å². The van der Waals surface area contributed by atoms with Crippen LogP contribution in [0.5, 0.6) is 5.75 Å². The number of nitrogens with two attached hydrogens (primary N) is 1. The summed E-state index contributed by atoms with van der Waals surface area (Å²) in [6.45, 7) is 1.52. The van der Waals surface area contributed by atoms with Crippen LogP contribution in [0.15, 0.2) is 48.9 Å². The van der Waals surface area contributed by atoms with Crippen molar-refractivity contribution in [3.63, 3.8) is 0 Å². The number of nitrogens with one attached hydrogen (secondary N) is 1. The van der Waals surface area contributed by atoms with E-state index >= 15 is 0 Å². The first-order valence-electron chi connectivity index (χ1n) is 11.3. The molecule has 0 saturated heterocycles. The van der Waals surface area contributed by atoms with Gasteiger partial charge in [-0.1, -0.05) is 29.8 Å². The number of rotatable bonds is 4. The zero-order chi connectivity index (χ0) is 26.8. The van der Waals surface area contributed by atoms with Crippen molar-refractivity contribution in [3.8, 4) is 17.3 Å². The average Bonchev–Trinajstić information content (AvgIpc) is 3.46. The lowest BCUT2D eigenvalue weighted by atomic mass is 9.77. The van der Waals surface area contributed by atoms with Crippen molar-refractivity contribution in [2.45, 2.75) is 18.8 Å². The number of nitrogen functional groups attached to an aromatic ring is 1. The Morgan fingerprint density at radius 3 is 2.71 bits per heavy atom. The van der Waals surface area contributed by atoms with Crippen LogP contribution in [-0.2, 0) is 16.6 Å². The van der Waals surface area contributed by atoms with Crippen LogP contribution in [0, 0.1) is 11.6 Å². The Bertz CT molecular complexity index is 1770. The molecular weight excluding hydrogens is 518 g/mol. The van der Waals surface area contributed by atoms with Crippen molar-refractivity contribution in [1.82, 2.24) is 29.5 Å². The minimum absolute atomic E-state index is 0.0585. The molecule has 1 aliphatic rings. The predicted octanol–water partition coefficient (Wildman–Crippen LogP) is 3.65. The Labute approximate surface area is 218 Å². The van der Waals surface area contributed by atoms with E-state index in [0.717, 1.165) is 6.07 Å². The van der Waals surface area contributed by atoms with Crippen LogP contribution in [0.2, 0.25) is 5.02 Å². The molecular formula is C25H17ClF2N8O2. The van der Waals surface area contributed by atoms with Gasteiger partial charge in [-0.25, -0.2) is 33.2 Å². The molecule has 4 N–H and O–H groups in total. The number of fused-ring (bicyclic) bond motifs is 2. The van der Waals surface area contributed by atoms with E-state index in [9.17, 15) is 18.7 Å². The smallest absolute Gasteiger partial charge is 0.240 e. The van der Waals surface area contributed by atoms with Crippen LogP contribution >= 0.6 is 11.6 Å². The summed E-state index contributed by atoms with van der Waals surface area (Å²) in [4.78, 5) is 30.8. The van der Waals surface area contributed by atoms with Gasteiger partial charge < -0.3 is 16.2 Å². The van der Waals surface area contributed by atoms with Gasteiger partial charge in [0.2, 0.25) is 5.91 Å². The van der Waals surface area contributed by atoms with Gasteiger partial charge in [-0.3, -0.25) is 4.79 Å². The van der Waals surface area contributed by atoms with Crippen molar-refractivity contribution in [1.29, 1.82) is 0 Å². The maximum Gasteiger partial charge on any atom is 0.240 e. The minimum atomic E-state index is -1.51. The Kier molecular flexibility index (Phi) is 5.24. The second kappa shape index (κ2) is 8.42. The van der Waals surface area contributed by atoms with E-state index in [-0.39, 0.29) is 46.5 Å². The van der Waals surface area contributed by atoms with Crippen molar-refractivity contribution < 1.29 is 18.7 Å². The number of hydrogen-bond donors (Lipinski definition) is 3. The molecule has 1 atom stereocenters. The number of aromatic hydroxyl groups is 1. The molecule has 10 nitrogen and oxygen atoms in total. The highest BCUT2D eigenvalue weighted by Gasteiger charge is 2.48. The lowest BCUT2D eigenvalue weighted by Crippen LogP contribution is -2.33. The van der Waals surface area contributed by atoms with Gasteiger partial charge in [-0.05, 0) is 36.2 Å². The number of phenolic OH excluding ortho intramolecular Hbond substituents is 1. The van der Waals surface area contributed by atoms with Crippen molar-refractivity contribution in [2.75, 3.05) is 11.1 Å². The molecule has 6 rings (SSSR count). The molecule has 1 amide bonds. The van der Waals surface area contributed by atoms with Crippen LogP contribution in [0.25, 0.3) is 17.2 Å². The molecule has 3 aromatic heterocycles. The third-order valence-corrected chi connectivity index (χ3v) is 6.96. The molecule has 0 saturated carbocycles. The van der Waals surface area contributed by atoms with Gasteiger partial charge >= 0.3 is 0 Å². The fourth-order valence-corrected chi connectivity index (χ4v) is 4.71. The largest absolute Gasteiger partial charge is 0.506 e. The van der Waals surface area contributed by atoms with Gasteiger partial charge in [0.1, 0.15) is 51.5 Å². The Hall–Kier alpha value is -4.71. The molecule has 1 aliphatic heterocycles. The summed E-state index contributed by atoms with van der Waals surface area (Å²) in [5.74, 6) is -2.24. The van der Waals surface area contributed by atoms with E-state index in [4.69, 9.17) is 17.3 Å². The molecule has 0 spiro atoms. The minimum Gasteiger partial charge on any atom is -0.506 e. The highest BCUT2D eigenvalue weighted by molar-refractivity contribution is 6.32. The standard InChI is InChI=1S/C25H17ClF2N8O2/c1-25(12-7-14(28)19(26)17(37)8-12)18-20(29)33-21(34-22(18)35-24(25)38)16-9-36-23(30-10-31-36)15(32-16)6-11-4-2-3-5-13(11)27/h2-5,7-10,37H,6H2,1H3,(H3,29,33,34,35,38)/t25-/m0/s1. The summed E-state index contributed by atoms with van der Waals surface area (Å²) < 4.78 is 30.2. The Morgan fingerprint density at radius 1 is 1.16 bits per heavy atom. The van der Waals surface area contributed by atoms with Gasteiger partial charge in [-0.15, -0.1) is 0 Å². The number of halogens is 3. The van der Waals surface area contributed by atoms with Gasteiger partial charge in [0.15, 0.2) is 11.5 Å². The Morgan fingerprint density at radius 2 is 1.95 bits per heavy atom. The first-order chi connectivity index (χ1) is 18.2. The van der Waals surface area contributed by atoms with E-state index in [1.165, 1.54) is 36.1 Å². The quantitative estimate of drug-likeness (QED) is 0.317. The third-order valence-electron chi connectivity index (χ3n) is 6.59. The highest BCUT2D eigenvalue weighted by atomic mass is 35.5. The fraction of sp³-hybridized carbons (Fsp3) is 0.120. The summed E-state index contributed by atoms with van der Waals surface area (Å²) >= 11 is 5.75. The second-order valence-corrected chi connectivity index (χ2v) is 9.27. The number of hydrogen-bond acceptors (Lipinski definition) is 8. The SMILES string of the molecule is C[C@@]1(c2cc(O)c(Cl)c(F)c2)C(=O)Nc2nc(-c3cn4ncnc4c(Cc4ccccc4F)n3)nc(N)c21. The van der Waals surface area contributed by atoms with Gasteiger partial charge in [0.25, 0.3) is 0 Å². The molecule has 0 aliphatic carbocycles. The first kappa shape index (κ1) is 23.7. The molecule has 0 unspecified atom stereocenters. The molecule has 0 fully saturated rings. The zero-order valence-electron chi connectivity index (χ0n) is 19.6. The van der Waals surface area contributed by atoms with Crippen molar-refractivity contribution in [2.24, 2.45) is 0 Å². The fourth-order valence-electron chi connectivity index (χ4n) is 4.60. The molecule has 0 bridgehead atoms. The summed E-state index contributed by atoms with van der Waals surface area (Å²) in [7, 11) is 0. The van der Waals surface area contributed by atoms with E-state index in [1.807, 2.05) is 0 Å². The predicted molar refractivity (Wildman–Crippen MR) is 134 cm³/mol. The van der Waals surface area contributed by atoms with Gasteiger partial charge in [0, 0.05) is 6.42 Å². The summed E-state index contributed by atoms with van der Waals surface area (Å²) in [5.41, 5.74) is 6.66. The number of carbonyl (C=O) groups is 1. The third kappa shape index (κ3) is 3.52. The number of anilines is 2. The molecule has 190 valence electrons. The normalized spacial score (nSPS) is 16.6. The number of phenols is 1. The van der Waals surface area contributed by atoms with Crippen LogP contribution < -0.4 is 11.1 Å². The average molecular weight is 535 g/mol. The molecule has 5 aromatic rings. The summed E-state index contributed by atoms with van der Waals surface area (Å²) in [6, 6.07) is 8.57. The van der Waals surface area contributed by atoms with Crippen LogP contribution in [0.1, 0.15) is 29.3 Å². The van der Waals surface area contributed by atoms with E-state index < -0.39 is 27.9 Å². The monoisotopic (exact) mass is 534 g/mol. The molecule has 0 radical (unpaired) electrons. The molecule has 4 heterocycles. The summed E-state index contributed by atoms with van der Waals surface area (Å²) in [5, 5.41) is 16.4. The lowest BCUT2D eigenvalue weighted by Gasteiger charge is -2.24. The molecule has 38 heavy (non-hydrogen) atoms. The zero-order valence-corrected chi connectivity index (χ0v) is 20.3. The molecule has 13 heteroatoms. The first-order valence-corrected chi connectivity index (χ1v) is 11.7. The van der Waals surface area contributed by atoms with Gasteiger partial charge in [-0.2, -0.15) is 5.10 Å². The second-order valence-electron chi connectivity index (χ2n) is 8.90.